The zero-order valence-electron chi connectivity index (χ0n) is 14.0. The molecule has 1 amide bonds. The number of rotatable bonds is 4. The van der Waals surface area contributed by atoms with E-state index in [9.17, 15) is 4.79 Å². The summed E-state index contributed by atoms with van der Waals surface area (Å²) in [7, 11) is 0. The van der Waals surface area contributed by atoms with Gasteiger partial charge >= 0.3 is 6.09 Å². The predicted molar refractivity (Wildman–Crippen MR) is 85.1 cm³/mol. The third kappa shape index (κ3) is 4.60. The first-order valence-electron chi connectivity index (χ1n) is 8.52. The topological polar surface area (TPSA) is 55.6 Å². The molecule has 2 aliphatic rings. The number of nitrogens with zero attached hydrogens (tertiary/aromatic N) is 1. The van der Waals surface area contributed by atoms with Gasteiger partial charge in [0.2, 0.25) is 0 Å². The molecule has 2 fully saturated rings. The van der Waals surface area contributed by atoms with Crippen LogP contribution in [0, 0.1) is 11.3 Å². The highest BCUT2D eigenvalue weighted by atomic mass is 16.6. The molecule has 4 nitrogen and oxygen atoms in total. The molecule has 122 valence electrons. The van der Waals surface area contributed by atoms with Gasteiger partial charge in [-0.15, -0.1) is 0 Å². The summed E-state index contributed by atoms with van der Waals surface area (Å²) in [5.74, 6) is 0.621. The molecule has 21 heavy (non-hydrogen) atoms. The first kappa shape index (κ1) is 16.6. The Kier molecular flexibility index (Phi) is 5.18. The van der Waals surface area contributed by atoms with Crippen molar-refractivity contribution in [1.29, 1.82) is 0 Å². The first-order valence-corrected chi connectivity index (χ1v) is 8.52. The van der Waals surface area contributed by atoms with E-state index in [0.29, 0.717) is 11.3 Å². The maximum Gasteiger partial charge on any atom is 0.410 e. The van der Waals surface area contributed by atoms with Gasteiger partial charge in [-0.3, -0.25) is 0 Å². The largest absolute Gasteiger partial charge is 0.444 e. The fraction of sp³-hybridized carbons (Fsp3) is 0.941. The van der Waals surface area contributed by atoms with Crippen molar-refractivity contribution in [3.63, 3.8) is 0 Å². The first-order chi connectivity index (χ1) is 9.84. The Morgan fingerprint density at radius 2 is 2.05 bits per heavy atom. The Morgan fingerprint density at radius 3 is 2.57 bits per heavy atom. The van der Waals surface area contributed by atoms with Crippen molar-refractivity contribution in [3.05, 3.63) is 0 Å². The van der Waals surface area contributed by atoms with E-state index in [4.69, 9.17) is 10.5 Å². The lowest BCUT2D eigenvalue weighted by molar-refractivity contribution is 0.0145. The average molecular weight is 296 g/mol. The Hall–Kier alpha value is -0.770. The van der Waals surface area contributed by atoms with Crippen LogP contribution >= 0.6 is 0 Å². The van der Waals surface area contributed by atoms with E-state index in [0.717, 1.165) is 26.1 Å². The standard InChI is InChI=1S/C17H32N2O2/c1-16(2,3)21-15(20)19-11-4-6-14(12-19)7-10-17(13-18)8-5-9-17/h14H,4-13,18H2,1-3H3. The van der Waals surface area contributed by atoms with Crippen molar-refractivity contribution in [1.82, 2.24) is 4.90 Å². The molecule has 1 saturated heterocycles. The molecule has 0 radical (unpaired) electrons. The molecular formula is C17H32N2O2. The highest BCUT2D eigenvalue weighted by molar-refractivity contribution is 5.68. The van der Waals surface area contributed by atoms with Crippen LogP contribution in [0.15, 0.2) is 0 Å². The van der Waals surface area contributed by atoms with Crippen LogP contribution in [0.3, 0.4) is 0 Å². The molecule has 4 heteroatoms. The van der Waals surface area contributed by atoms with Gasteiger partial charge < -0.3 is 15.4 Å². The number of amides is 1. The molecule has 1 saturated carbocycles. The SMILES string of the molecule is CC(C)(C)OC(=O)N1CCCC(CCC2(CN)CCC2)C1. The maximum absolute atomic E-state index is 12.2. The van der Waals surface area contributed by atoms with E-state index in [1.807, 2.05) is 25.7 Å². The molecule has 0 spiro atoms. The summed E-state index contributed by atoms with van der Waals surface area (Å²) >= 11 is 0. The summed E-state index contributed by atoms with van der Waals surface area (Å²) in [6.07, 6.45) is 8.56. The molecule has 1 aliphatic heterocycles. The fourth-order valence-electron chi connectivity index (χ4n) is 3.54. The number of piperidine rings is 1. The van der Waals surface area contributed by atoms with Crippen LogP contribution in [0.2, 0.25) is 0 Å². The monoisotopic (exact) mass is 296 g/mol. The van der Waals surface area contributed by atoms with Crippen LogP contribution in [0.25, 0.3) is 0 Å². The van der Waals surface area contributed by atoms with E-state index >= 15 is 0 Å². The van der Waals surface area contributed by atoms with Crippen LogP contribution in [-0.4, -0.2) is 36.2 Å². The second-order valence-corrected chi connectivity index (χ2v) is 8.03. The van der Waals surface area contributed by atoms with Crippen molar-refractivity contribution >= 4 is 6.09 Å². The third-order valence-corrected chi connectivity index (χ3v) is 5.10. The van der Waals surface area contributed by atoms with Crippen molar-refractivity contribution in [3.8, 4) is 0 Å². The highest BCUT2D eigenvalue weighted by Gasteiger charge is 2.36. The number of carbonyl (C=O) groups excluding carboxylic acids is 1. The predicted octanol–water partition coefficient (Wildman–Crippen LogP) is 3.54. The maximum atomic E-state index is 12.2. The number of hydrogen-bond donors (Lipinski definition) is 1. The molecule has 1 heterocycles. The molecule has 0 aromatic carbocycles. The number of nitrogens with two attached hydrogens (primary N) is 1. The summed E-state index contributed by atoms with van der Waals surface area (Å²) in [5.41, 5.74) is 5.97. The van der Waals surface area contributed by atoms with E-state index in [1.165, 1.54) is 38.5 Å². The molecule has 0 bridgehead atoms. The molecule has 1 aliphatic carbocycles. The Balaban J connectivity index is 1.79. The third-order valence-electron chi connectivity index (χ3n) is 5.10. The summed E-state index contributed by atoms with van der Waals surface area (Å²) in [5, 5.41) is 0. The molecule has 1 atom stereocenters. The molecular weight excluding hydrogens is 264 g/mol. The van der Waals surface area contributed by atoms with Crippen molar-refractivity contribution in [2.75, 3.05) is 19.6 Å². The van der Waals surface area contributed by atoms with Crippen molar-refractivity contribution < 1.29 is 9.53 Å². The lowest BCUT2D eigenvalue weighted by atomic mass is 9.65. The number of likely N-dealkylation sites (tertiary alicyclic amines) is 1. The van der Waals surface area contributed by atoms with Crippen LogP contribution in [-0.2, 0) is 4.74 Å². The minimum absolute atomic E-state index is 0.149. The molecule has 0 aromatic heterocycles. The minimum atomic E-state index is -0.403. The van der Waals surface area contributed by atoms with E-state index in [-0.39, 0.29) is 6.09 Å². The fourth-order valence-corrected chi connectivity index (χ4v) is 3.54. The molecule has 0 aromatic rings. The van der Waals surface area contributed by atoms with Gasteiger partial charge in [-0.2, -0.15) is 0 Å². The quantitative estimate of drug-likeness (QED) is 0.863. The van der Waals surface area contributed by atoms with Crippen LogP contribution in [0.5, 0.6) is 0 Å². The zero-order chi connectivity index (χ0) is 15.5. The Morgan fingerprint density at radius 1 is 1.33 bits per heavy atom. The summed E-state index contributed by atoms with van der Waals surface area (Å²) < 4.78 is 5.49. The van der Waals surface area contributed by atoms with E-state index in [1.54, 1.807) is 0 Å². The van der Waals surface area contributed by atoms with Gasteiger partial charge in [-0.25, -0.2) is 4.79 Å². The van der Waals surface area contributed by atoms with Gasteiger partial charge in [0.05, 0.1) is 0 Å². The molecule has 2 N–H and O–H groups in total. The lowest BCUT2D eigenvalue weighted by Crippen LogP contribution is -2.43. The zero-order valence-corrected chi connectivity index (χ0v) is 14.0. The Bertz CT molecular complexity index is 353. The van der Waals surface area contributed by atoms with E-state index < -0.39 is 5.60 Å². The van der Waals surface area contributed by atoms with Crippen LogP contribution in [0.1, 0.15) is 65.7 Å². The smallest absolute Gasteiger partial charge is 0.410 e. The number of carbonyl (C=O) groups is 1. The van der Waals surface area contributed by atoms with Crippen molar-refractivity contribution in [2.24, 2.45) is 17.1 Å². The molecule has 2 rings (SSSR count). The van der Waals surface area contributed by atoms with Crippen LogP contribution in [0.4, 0.5) is 4.79 Å². The van der Waals surface area contributed by atoms with Gasteiger partial charge in [0, 0.05) is 13.1 Å². The van der Waals surface area contributed by atoms with Gasteiger partial charge in [0.25, 0.3) is 0 Å². The summed E-state index contributed by atoms with van der Waals surface area (Å²) in [4.78, 5) is 14.1. The highest BCUT2D eigenvalue weighted by Crippen LogP contribution is 2.45. The molecule has 1 unspecified atom stereocenters. The number of ether oxygens (including phenoxy) is 1. The Labute approximate surface area is 129 Å². The number of hydrogen-bond acceptors (Lipinski definition) is 3. The van der Waals surface area contributed by atoms with Crippen LogP contribution < -0.4 is 5.73 Å². The van der Waals surface area contributed by atoms with Gasteiger partial charge in [0.15, 0.2) is 0 Å². The minimum Gasteiger partial charge on any atom is -0.444 e. The second kappa shape index (κ2) is 6.55. The lowest BCUT2D eigenvalue weighted by Gasteiger charge is -2.43. The van der Waals surface area contributed by atoms with Gasteiger partial charge in [-0.05, 0) is 77.2 Å². The summed E-state index contributed by atoms with van der Waals surface area (Å²) in [6.45, 7) is 8.30. The van der Waals surface area contributed by atoms with Crippen molar-refractivity contribution in [2.45, 2.75) is 71.3 Å². The second-order valence-electron chi connectivity index (χ2n) is 8.03. The average Bonchev–Trinajstić information content (AvgIpc) is 2.36. The van der Waals surface area contributed by atoms with Gasteiger partial charge in [0.1, 0.15) is 5.60 Å². The normalized spacial score (nSPS) is 25.3. The summed E-state index contributed by atoms with van der Waals surface area (Å²) in [6, 6.07) is 0. The van der Waals surface area contributed by atoms with E-state index in [2.05, 4.69) is 0 Å². The van der Waals surface area contributed by atoms with Gasteiger partial charge in [-0.1, -0.05) is 6.42 Å².